The van der Waals surface area contributed by atoms with Crippen LogP contribution in [0.2, 0.25) is 5.02 Å². The van der Waals surface area contributed by atoms with Crippen LogP contribution < -0.4 is 10.1 Å². The molecule has 0 amide bonds. The molecule has 1 saturated heterocycles. The van der Waals surface area contributed by atoms with Gasteiger partial charge in [0.2, 0.25) is 0 Å². The van der Waals surface area contributed by atoms with Gasteiger partial charge in [0.05, 0.1) is 17.7 Å². The van der Waals surface area contributed by atoms with E-state index >= 15 is 0 Å². The normalized spacial score (nSPS) is 19.5. The molecule has 1 N–H and O–H groups in total. The van der Waals surface area contributed by atoms with Crippen molar-refractivity contribution in [1.82, 2.24) is 5.32 Å². The minimum Gasteiger partial charge on any atom is -0.488 e. The highest BCUT2D eigenvalue weighted by Gasteiger charge is 2.14. The maximum absolute atomic E-state index is 6.17. The predicted octanol–water partition coefficient (Wildman–Crippen LogP) is 2.44. The number of rotatable bonds is 5. The quantitative estimate of drug-likeness (QED) is 0.832. The van der Waals surface area contributed by atoms with Crippen LogP contribution >= 0.6 is 11.6 Å². The Bertz CT molecular complexity index is 403. The number of nitrogens with one attached hydrogen (secondary N) is 1. The molecule has 18 heavy (non-hydrogen) atoms. The van der Waals surface area contributed by atoms with Crippen molar-refractivity contribution in [2.75, 3.05) is 26.3 Å². The molecule has 1 unspecified atom stereocenters. The molecule has 1 heterocycles. The van der Waals surface area contributed by atoms with Crippen molar-refractivity contribution in [3.05, 3.63) is 41.4 Å². The largest absolute Gasteiger partial charge is 0.488 e. The molecule has 1 aromatic carbocycles. The first kappa shape index (κ1) is 13.4. The third kappa shape index (κ3) is 3.73. The SMILES string of the molecule is C=CCOc1ccc(CC2CNCCO2)cc1Cl. The Balaban J connectivity index is 1.96. The van der Waals surface area contributed by atoms with Crippen molar-refractivity contribution in [1.29, 1.82) is 0 Å². The molecule has 1 fully saturated rings. The van der Waals surface area contributed by atoms with Crippen molar-refractivity contribution in [3.63, 3.8) is 0 Å². The van der Waals surface area contributed by atoms with Crippen LogP contribution in [0.1, 0.15) is 5.56 Å². The summed E-state index contributed by atoms with van der Waals surface area (Å²) in [5.41, 5.74) is 1.17. The second-order valence-electron chi connectivity index (χ2n) is 4.27. The van der Waals surface area contributed by atoms with Gasteiger partial charge in [0, 0.05) is 13.1 Å². The van der Waals surface area contributed by atoms with Crippen LogP contribution in [-0.2, 0) is 11.2 Å². The molecule has 98 valence electrons. The van der Waals surface area contributed by atoms with E-state index in [9.17, 15) is 0 Å². The van der Waals surface area contributed by atoms with Crippen LogP contribution in [0.25, 0.3) is 0 Å². The number of halogens is 1. The minimum atomic E-state index is 0.231. The second-order valence-corrected chi connectivity index (χ2v) is 4.67. The van der Waals surface area contributed by atoms with Crippen molar-refractivity contribution >= 4 is 11.6 Å². The Morgan fingerprint density at radius 2 is 2.44 bits per heavy atom. The summed E-state index contributed by atoms with van der Waals surface area (Å²) in [4.78, 5) is 0. The summed E-state index contributed by atoms with van der Waals surface area (Å²) in [6.45, 7) is 6.68. The number of hydrogen-bond acceptors (Lipinski definition) is 3. The molecule has 4 heteroatoms. The summed E-state index contributed by atoms with van der Waals surface area (Å²) >= 11 is 6.17. The Morgan fingerprint density at radius 1 is 1.56 bits per heavy atom. The molecule has 0 aromatic heterocycles. The maximum Gasteiger partial charge on any atom is 0.138 e. The van der Waals surface area contributed by atoms with E-state index in [1.165, 1.54) is 5.56 Å². The monoisotopic (exact) mass is 267 g/mol. The number of ether oxygens (including phenoxy) is 2. The standard InChI is InChI=1S/C14H18ClNO2/c1-2-6-18-14-4-3-11(9-13(14)15)8-12-10-16-5-7-17-12/h2-4,9,12,16H,1,5-8,10H2. The third-order valence-electron chi connectivity index (χ3n) is 2.82. The average Bonchev–Trinajstić information content (AvgIpc) is 2.39. The molecule has 2 rings (SSSR count). The zero-order chi connectivity index (χ0) is 12.8. The van der Waals surface area contributed by atoms with Gasteiger partial charge in [0.25, 0.3) is 0 Å². The lowest BCUT2D eigenvalue weighted by molar-refractivity contribution is 0.0292. The van der Waals surface area contributed by atoms with Crippen LogP contribution in [0.3, 0.4) is 0 Å². The van der Waals surface area contributed by atoms with E-state index < -0.39 is 0 Å². The van der Waals surface area contributed by atoms with Gasteiger partial charge in [-0.3, -0.25) is 0 Å². The Morgan fingerprint density at radius 3 is 3.11 bits per heavy atom. The van der Waals surface area contributed by atoms with Crippen LogP contribution in [0.15, 0.2) is 30.9 Å². The Labute approximate surface area is 113 Å². The minimum absolute atomic E-state index is 0.231. The number of benzene rings is 1. The van der Waals surface area contributed by atoms with E-state index in [-0.39, 0.29) is 6.10 Å². The van der Waals surface area contributed by atoms with E-state index in [0.717, 1.165) is 26.1 Å². The highest BCUT2D eigenvalue weighted by atomic mass is 35.5. The van der Waals surface area contributed by atoms with Gasteiger partial charge in [-0.25, -0.2) is 0 Å². The second kappa shape index (κ2) is 6.78. The lowest BCUT2D eigenvalue weighted by Gasteiger charge is -2.23. The molecular weight excluding hydrogens is 250 g/mol. The first-order valence-corrected chi connectivity index (χ1v) is 6.52. The van der Waals surface area contributed by atoms with Gasteiger partial charge in [-0.05, 0) is 24.1 Å². The molecular formula is C14H18ClNO2. The smallest absolute Gasteiger partial charge is 0.138 e. The lowest BCUT2D eigenvalue weighted by atomic mass is 10.1. The van der Waals surface area contributed by atoms with E-state index in [1.54, 1.807) is 6.08 Å². The van der Waals surface area contributed by atoms with E-state index in [0.29, 0.717) is 17.4 Å². The molecule has 0 radical (unpaired) electrons. The van der Waals surface area contributed by atoms with Crippen molar-refractivity contribution < 1.29 is 9.47 Å². The summed E-state index contributed by atoms with van der Waals surface area (Å²) < 4.78 is 11.1. The van der Waals surface area contributed by atoms with Gasteiger partial charge in [-0.1, -0.05) is 30.3 Å². The van der Waals surface area contributed by atoms with Gasteiger partial charge in [-0.2, -0.15) is 0 Å². The molecule has 0 aliphatic carbocycles. The maximum atomic E-state index is 6.17. The zero-order valence-corrected chi connectivity index (χ0v) is 11.1. The fraction of sp³-hybridized carbons (Fsp3) is 0.429. The van der Waals surface area contributed by atoms with Crippen LogP contribution in [0.4, 0.5) is 0 Å². The van der Waals surface area contributed by atoms with Gasteiger partial charge in [0.15, 0.2) is 0 Å². The fourth-order valence-electron chi connectivity index (χ4n) is 1.95. The predicted molar refractivity (Wildman–Crippen MR) is 73.5 cm³/mol. The molecule has 0 spiro atoms. The average molecular weight is 268 g/mol. The summed E-state index contributed by atoms with van der Waals surface area (Å²) in [6.07, 6.45) is 2.80. The summed E-state index contributed by atoms with van der Waals surface area (Å²) in [6, 6.07) is 5.87. The lowest BCUT2D eigenvalue weighted by Crippen LogP contribution is -2.39. The van der Waals surface area contributed by atoms with Gasteiger partial charge < -0.3 is 14.8 Å². The van der Waals surface area contributed by atoms with E-state index in [1.807, 2.05) is 18.2 Å². The molecule has 1 atom stereocenters. The van der Waals surface area contributed by atoms with E-state index in [2.05, 4.69) is 11.9 Å². The van der Waals surface area contributed by atoms with Crippen molar-refractivity contribution in [3.8, 4) is 5.75 Å². The summed E-state index contributed by atoms with van der Waals surface area (Å²) in [5, 5.41) is 3.95. The highest BCUT2D eigenvalue weighted by Crippen LogP contribution is 2.26. The molecule has 1 aliphatic heterocycles. The molecule has 1 aliphatic rings. The van der Waals surface area contributed by atoms with E-state index in [4.69, 9.17) is 21.1 Å². The highest BCUT2D eigenvalue weighted by molar-refractivity contribution is 6.32. The zero-order valence-electron chi connectivity index (χ0n) is 10.3. The van der Waals surface area contributed by atoms with Crippen LogP contribution in [0, 0.1) is 0 Å². The first-order valence-electron chi connectivity index (χ1n) is 6.14. The summed E-state index contributed by atoms with van der Waals surface area (Å²) in [7, 11) is 0. The van der Waals surface area contributed by atoms with Crippen molar-refractivity contribution in [2.45, 2.75) is 12.5 Å². The third-order valence-corrected chi connectivity index (χ3v) is 3.12. The number of morpholine rings is 1. The van der Waals surface area contributed by atoms with Crippen LogP contribution in [0.5, 0.6) is 5.75 Å². The topological polar surface area (TPSA) is 30.5 Å². The molecule has 0 saturated carbocycles. The molecule has 1 aromatic rings. The summed E-state index contributed by atoms with van der Waals surface area (Å²) in [5.74, 6) is 0.697. The van der Waals surface area contributed by atoms with Gasteiger partial charge in [0.1, 0.15) is 12.4 Å². The number of hydrogen-bond donors (Lipinski definition) is 1. The van der Waals surface area contributed by atoms with Crippen molar-refractivity contribution in [2.24, 2.45) is 0 Å². The molecule has 3 nitrogen and oxygen atoms in total. The first-order chi connectivity index (χ1) is 8.79. The van der Waals surface area contributed by atoms with Gasteiger partial charge >= 0.3 is 0 Å². The van der Waals surface area contributed by atoms with Gasteiger partial charge in [-0.15, -0.1) is 0 Å². The Hall–Kier alpha value is -1.03. The molecule has 0 bridgehead atoms. The van der Waals surface area contributed by atoms with Crippen LogP contribution in [-0.4, -0.2) is 32.4 Å². The fourth-order valence-corrected chi connectivity index (χ4v) is 2.21. The Kier molecular flexibility index (Phi) is 5.05.